The third-order valence-corrected chi connectivity index (χ3v) is 2.86. The molecule has 0 spiro atoms. The molecule has 0 saturated carbocycles. The van der Waals surface area contributed by atoms with Crippen molar-refractivity contribution < 1.29 is 18.3 Å². The van der Waals surface area contributed by atoms with Crippen molar-refractivity contribution in [3.8, 4) is 6.07 Å². The van der Waals surface area contributed by atoms with E-state index >= 15 is 0 Å². The molecular weight excluding hydrogens is 331 g/mol. The molecule has 0 aromatic heterocycles. The van der Waals surface area contributed by atoms with E-state index in [0.717, 1.165) is 7.11 Å². The molecule has 0 fully saturated rings. The second kappa shape index (κ2) is 5.21. The Morgan fingerprint density at radius 3 is 2.62 bits per heavy atom. The number of nitriles is 1. The number of ether oxygens (including phenoxy) is 1. The lowest BCUT2D eigenvalue weighted by atomic mass is 10.0. The maximum atomic E-state index is 12.8. The summed E-state index contributed by atoms with van der Waals surface area (Å²) >= 11 is 1.69. The van der Waals surface area contributed by atoms with E-state index in [0.29, 0.717) is 0 Å². The van der Waals surface area contributed by atoms with Gasteiger partial charge in [0.15, 0.2) is 0 Å². The van der Waals surface area contributed by atoms with E-state index in [9.17, 15) is 13.6 Å². The number of hydrogen-bond acceptors (Lipinski definition) is 3. The van der Waals surface area contributed by atoms with E-state index in [2.05, 4.69) is 4.74 Å². The summed E-state index contributed by atoms with van der Waals surface area (Å²) in [6.07, 6.45) is -2.82. The number of benzene rings is 1. The standard InChI is InChI=1S/C10H6F2INO2/c1-16-10(15)7-5(4-14)2-3-6(13)8(7)9(11)12/h2-3,9H,1H3. The molecule has 0 bridgehead atoms. The van der Waals surface area contributed by atoms with Gasteiger partial charge in [0.05, 0.1) is 18.2 Å². The first-order chi connectivity index (χ1) is 7.52. The molecule has 0 saturated heterocycles. The molecule has 1 aromatic carbocycles. The van der Waals surface area contributed by atoms with Gasteiger partial charge >= 0.3 is 5.97 Å². The van der Waals surface area contributed by atoms with Crippen molar-refractivity contribution >= 4 is 28.6 Å². The minimum absolute atomic E-state index is 0.109. The first-order valence-corrected chi connectivity index (χ1v) is 5.19. The van der Waals surface area contributed by atoms with E-state index in [1.54, 1.807) is 28.7 Å². The van der Waals surface area contributed by atoms with Crippen molar-refractivity contribution in [2.45, 2.75) is 6.43 Å². The fourth-order valence-corrected chi connectivity index (χ4v) is 1.91. The predicted octanol–water partition coefficient (Wildman–Crippen LogP) is 2.89. The Morgan fingerprint density at radius 1 is 1.56 bits per heavy atom. The molecule has 84 valence electrons. The molecule has 0 radical (unpaired) electrons. The number of halogens is 3. The molecule has 1 aromatic rings. The van der Waals surface area contributed by atoms with Gasteiger partial charge in [0.1, 0.15) is 6.07 Å². The molecule has 0 aliphatic heterocycles. The Balaban J connectivity index is 3.57. The lowest BCUT2D eigenvalue weighted by Gasteiger charge is -2.10. The van der Waals surface area contributed by atoms with Gasteiger partial charge < -0.3 is 4.74 Å². The zero-order valence-electron chi connectivity index (χ0n) is 8.13. The van der Waals surface area contributed by atoms with Crippen molar-refractivity contribution in [3.05, 3.63) is 32.4 Å². The number of esters is 1. The van der Waals surface area contributed by atoms with Crippen molar-refractivity contribution in [3.63, 3.8) is 0 Å². The monoisotopic (exact) mass is 337 g/mol. The van der Waals surface area contributed by atoms with Crippen molar-refractivity contribution in [1.29, 1.82) is 5.26 Å². The zero-order chi connectivity index (χ0) is 12.3. The number of carbonyl (C=O) groups excluding carboxylic acids is 1. The number of alkyl halides is 2. The number of hydrogen-bond donors (Lipinski definition) is 0. The molecule has 0 N–H and O–H groups in total. The minimum Gasteiger partial charge on any atom is -0.465 e. The topological polar surface area (TPSA) is 50.1 Å². The zero-order valence-corrected chi connectivity index (χ0v) is 10.3. The fraction of sp³-hybridized carbons (Fsp3) is 0.200. The lowest BCUT2D eigenvalue weighted by Crippen LogP contribution is -2.10. The quantitative estimate of drug-likeness (QED) is 0.616. The third kappa shape index (κ3) is 2.29. The number of methoxy groups -OCH3 is 1. The van der Waals surface area contributed by atoms with Gasteiger partial charge in [-0.05, 0) is 34.7 Å². The molecule has 0 atom stereocenters. The summed E-state index contributed by atoms with van der Waals surface area (Å²) in [6, 6.07) is 4.38. The SMILES string of the molecule is COC(=O)c1c(C#N)ccc(I)c1C(F)F. The van der Waals surface area contributed by atoms with E-state index < -0.39 is 18.0 Å². The van der Waals surface area contributed by atoms with Crippen LogP contribution in [0.2, 0.25) is 0 Å². The van der Waals surface area contributed by atoms with Crippen molar-refractivity contribution in [2.24, 2.45) is 0 Å². The summed E-state index contributed by atoms with van der Waals surface area (Å²) in [6.45, 7) is 0. The molecule has 0 amide bonds. The van der Waals surface area contributed by atoms with Gasteiger partial charge in [-0.3, -0.25) is 0 Å². The first kappa shape index (κ1) is 12.8. The van der Waals surface area contributed by atoms with E-state index in [1.807, 2.05) is 0 Å². The molecular formula is C10H6F2INO2. The Kier molecular flexibility index (Phi) is 4.18. The Hall–Kier alpha value is -1.23. The molecule has 3 nitrogen and oxygen atoms in total. The summed E-state index contributed by atoms with van der Waals surface area (Å²) in [7, 11) is 1.08. The second-order valence-corrected chi connectivity index (χ2v) is 3.95. The molecule has 1 rings (SSSR count). The molecule has 6 heteroatoms. The van der Waals surface area contributed by atoms with Gasteiger partial charge in [-0.2, -0.15) is 5.26 Å². The molecule has 0 aliphatic rings. The van der Waals surface area contributed by atoms with Crippen LogP contribution in [0, 0.1) is 14.9 Å². The Bertz CT molecular complexity index is 469. The third-order valence-electron chi connectivity index (χ3n) is 1.92. The van der Waals surface area contributed by atoms with Crippen molar-refractivity contribution in [2.75, 3.05) is 7.11 Å². The average molecular weight is 337 g/mol. The molecule has 0 heterocycles. The van der Waals surface area contributed by atoms with E-state index in [-0.39, 0.29) is 14.7 Å². The van der Waals surface area contributed by atoms with Crippen LogP contribution in [0.1, 0.15) is 27.9 Å². The molecule has 0 unspecified atom stereocenters. The van der Waals surface area contributed by atoms with Crippen molar-refractivity contribution in [1.82, 2.24) is 0 Å². The smallest absolute Gasteiger partial charge is 0.339 e. The number of nitrogens with zero attached hydrogens (tertiary/aromatic N) is 1. The van der Waals surface area contributed by atoms with Gasteiger partial charge in [-0.1, -0.05) is 0 Å². The predicted molar refractivity (Wildman–Crippen MR) is 60.2 cm³/mol. The van der Waals surface area contributed by atoms with Crippen LogP contribution in [0.4, 0.5) is 8.78 Å². The summed E-state index contributed by atoms with van der Waals surface area (Å²) in [5, 5.41) is 8.75. The Labute approximate surface area is 104 Å². The fourth-order valence-electron chi connectivity index (χ4n) is 1.22. The van der Waals surface area contributed by atoms with Crippen LogP contribution >= 0.6 is 22.6 Å². The summed E-state index contributed by atoms with van der Waals surface area (Å²) < 4.78 is 30.2. The van der Waals surface area contributed by atoms with Crippen LogP contribution in [-0.2, 0) is 4.74 Å². The highest BCUT2D eigenvalue weighted by Gasteiger charge is 2.25. The minimum atomic E-state index is -2.82. The summed E-state index contributed by atoms with van der Waals surface area (Å²) in [5.41, 5.74) is -0.916. The Morgan fingerprint density at radius 2 is 2.19 bits per heavy atom. The number of carbonyl (C=O) groups is 1. The highest BCUT2D eigenvalue weighted by molar-refractivity contribution is 14.1. The number of rotatable bonds is 2. The van der Waals surface area contributed by atoms with Gasteiger partial charge in [0.2, 0.25) is 0 Å². The summed E-state index contributed by atoms with van der Waals surface area (Å²) in [5.74, 6) is -0.926. The van der Waals surface area contributed by atoms with Gasteiger partial charge in [-0.25, -0.2) is 13.6 Å². The first-order valence-electron chi connectivity index (χ1n) is 4.11. The van der Waals surface area contributed by atoms with Gasteiger partial charge in [-0.15, -0.1) is 0 Å². The average Bonchev–Trinajstić information content (AvgIpc) is 2.27. The van der Waals surface area contributed by atoms with Crippen LogP contribution in [0.3, 0.4) is 0 Å². The summed E-state index contributed by atoms with van der Waals surface area (Å²) in [4.78, 5) is 11.4. The molecule has 16 heavy (non-hydrogen) atoms. The van der Waals surface area contributed by atoms with Gasteiger partial charge in [0.25, 0.3) is 6.43 Å². The largest absolute Gasteiger partial charge is 0.465 e. The van der Waals surface area contributed by atoms with Gasteiger partial charge in [0, 0.05) is 9.13 Å². The van der Waals surface area contributed by atoms with E-state index in [4.69, 9.17) is 5.26 Å². The lowest BCUT2D eigenvalue weighted by molar-refractivity contribution is 0.0588. The second-order valence-electron chi connectivity index (χ2n) is 2.79. The highest BCUT2D eigenvalue weighted by atomic mass is 127. The molecule has 0 aliphatic carbocycles. The van der Waals surface area contributed by atoms with E-state index in [1.165, 1.54) is 12.1 Å². The van der Waals surface area contributed by atoms with Crippen LogP contribution in [0.25, 0.3) is 0 Å². The normalized spacial score (nSPS) is 10.0. The van der Waals surface area contributed by atoms with Crippen LogP contribution in [0.5, 0.6) is 0 Å². The highest BCUT2D eigenvalue weighted by Crippen LogP contribution is 2.30. The maximum absolute atomic E-state index is 12.8. The van der Waals surface area contributed by atoms with Crippen LogP contribution < -0.4 is 0 Å². The maximum Gasteiger partial charge on any atom is 0.339 e. The van der Waals surface area contributed by atoms with Crippen LogP contribution in [0.15, 0.2) is 12.1 Å². The van der Waals surface area contributed by atoms with Crippen LogP contribution in [-0.4, -0.2) is 13.1 Å².